The zero-order valence-electron chi connectivity index (χ0n) is 13.4. The summed E-state index contributed by atoms with van der Waals surface area (Å²) in [5.74, 6) is 0.700. The number of hydrogen-bond acceptors (Lipinski definition) is 4. The Morgan fingerprint density at radius 3 is 2.86 bits per heavy atom. The number of benzene rings is 1. The summed E-state index contributed by atoms with van der Waals surface area (Å²) < 4.78 is 10.9. The average molecular weight is 307 g/mol. The van der Waals surface area contributed by atoms with Gasteiger partial charge in [-0.25, -0.2) is 4.79 Å². The minimum absolute atomic E-state index is 0.210. The quantitative estimate of drug-likeness (QED) is 0.842. The van der Waals surface area contributed by atoms with E-state index >= 15 is 0 Å². The number of urea groups is 1. The van der Waals surface area contributed by atoms with Gasteiger partial charge in [-0.15, -0.1) is 0 Å². The van der Waals surface area contributed by atoms with Gasteiger partial charge in [0.1, 0.15) is 5.75 Å². The standard InChI is InChI=1S/C16H25N3O3/c1-3-22-15-12-13(2)4-5-14(15)18-16(20)17-6-7-19-8-10-21-11-9-19/h4-5,12H,3,6-11H2,1-2H3,(H2,17,18,20). The van der Waals surface area contributed by atoms with Gasteiger partial charge in [0.15, 0.2) is 0 Å². The van der Waals surface area contributed by atoms with Crippen molar-refractivity contribution in [3.8, 4) is 5.75 Å². The van der Waals surface area contributed by atoms with E-state index in [0.717, 1.165) is 38.4 Å². The Kier molecular flexibility index (Phi) is 6.48. The highest BCUT2D eigenvalue weighted by Crippen LogP contribution is 2.25. The molecule has 1 saturated heterocycles. The second kappa shape index (κ2) is 8.60. The number of carbonyl (C=O) groups is 1. The van der Waals surface area contributed by atoms with Crippen molar-refractivity contribution >= 4 is 11.7 Å². The molecule has 1 aromatic carbocycles. The third kappa shape index (κ3) is 5.20. The third-order valence-corrected chi connectivity index (χ3v) is 3.50. The molecule has 2 N–H and O–H groups in total. The molecule has 2 amide bonds. The highest BCUT2D eigenvalue weighted by atomic mass is 16.5. The molecule has 1 aromatic rings. The van der Waals surface area contributed by atoms with E-state index in [0.29, 0.717) is 24.6 Å². The van der Waals surface area contributed by atoms with E-state index in [1.54, 1.807) is 0 Å². The van der Waals surface area contributed by atoms with Crippen LogP contribution in [-0.4, -0.2) is 56.9 Å². The van der Waals surface area contributed by atoms with Crippen LogP contribution in [0.2, 0.25) is 0 Å². The van der Waals surface area contributed by atoms with Crippen molar-refractivity contribution in [3.05, 3.63) is 23.8 Å². The molecule has 6 heteroatoms. The van der Waals surface area contributed by atoms with Gasteiger partial charge in [0.2, 0.25) is 0 Å². The van der Waals surface area contributed by atoms with Crippen molar-refractivity contribution < 1.29 is 14.3 Å². The first-order valence-electron chi connectivity index (χ1n) is 7.77. The lowest BCUT2D eigenvalue weighted by Crippen LogP contribution is -2.42. The van der Waals surface area contributed by atoms with Gasteiger partial charge >= 0.3 is 6.03 Å². The molecule has 0 unspecified atom stereocenters. The van der Waals surface area contributed by atoms with Crippen LogP contribution in [-0.2, 0) is 4.74 Å². The summed E-state index contributed by atoms with van der Waals surface area (Å²) in [7, 11) is 0. The minimum Gasteiger partial charge on any atom is -0.492 e. The number of anilines is 1. The van der Waals surface area contributed by atoms with Gasteiger partial charge in [0, 0.05) is 26.2 Å². The summed E-state index contributed by atoms with van der Waals surface area (Å²) in [6.45, 7) is 9.33. The summed E-state index contributed by atoms with van der Waals surface area (Å²) in [5, 5.41) is 5.72. The molecule has 1 aliphatic rings. The summed E-state index contributed by atoms with van der Waals surface area (Å²) in [6.07, 6.45) is 0. The molecule has 0 bridgehead atoms. The lowest BCUT2D eigenvalue weighted by molar-refractivity contribution is 0.0388. The maximum Gasteiger partial charge on any atom is 0.319 e. The fourth-order valence-corrected chi connectivity index (χ4v) is 2.33. The van der Waals surface area contributed by atoms with E-state index in [1.165, 1.54) is 0 Å². The van der Waals surface area contributed by atoms with E-state index in [4.69, 9.17) is 9.47 Å². The number of aryl methyl sites for hydroxylation is 1. The Bertz CT molecular complexity index is 488. The van der Waals surface area contributed by atoms with Gasteiger partial charge in [-0.1, -0.05) is 6.07 Å². The summed E-state index contributed by atoms with van der Waals surface area (Å²) in [6, 6.07) is 5.53. The van der Waals surface area contributed by atoms with Gasteiger partial charge in [-0.2, -0.15) is 0 Å². The van der Waals surface area contributed by atoms with Crippen molar-refractivity contribution in [1.82, 2.24) is 10.2 Å². The average Bonchev–Trinajstić information content (AvgIpc) is 2.51. The van der Waals surface area contributed by atoms with Crippen molar-refractivity contribution in [1.29, 1.82) is 0 Å². The molecule has 0 radical (unpaired) electrons. The molecule has 0 saturated carbocycles. The largest absolute Gasteiger partial charge is 0.492 e. The lowest BCUT2D eigenvalue weighted by atomic mass is 10.2. The van der Waals surface area contributed by atoms with E-state index in [2.05, 4.69) is 15.5 Å². The second-order valence-electron chi connectivity index (χ2n) is 5.27. The first kappa shape index (κ1) is 16.6. The molecular formula is C16H25N3O3. The topological polar surface area (TPSA) is 62.8 Å². The zero-order valence-corrected chi connectivity index (χ0v) is 13.4. The third-order valence-electron chi connectivity index (χ3n) is 3.50. The zero-order chi connectivity index (χ0) is 15.8. The summed E-state index contributed by atoms with van der Waals surface area (Å²) in [4.78, 5) is 14.3. The number of carbonyl (C=O) groups excluding carboxylic acids is 1. The smallest absolute Gasteiger partial charge is 0.319 e. The number of nitrogens with zero attached hydrogens (tertiary/aromatic N) is 1. The molecule has 122 valence electrons. The number of ether oxygens (including phenoxy) is 2. The van der Waals surface area contributed by atoms with Crippen LogP contribution >= 0.6 is 0 Å². The van der Waals surface area contributed by atoms with Crippen LogP contribution in [0.3, 0.4) is 0 Å². The molecule has 6 nitrogen and oxygen atoms in total. The van der Waals surface area contributed by atoms with Gasteiger partial charge in [-0.3, -0.25) is 4.90 Å². The lowest BCUT2D eigenvalue weighted by Gasteiger charge is -2.26. The van der Waals surface area contributed by atoms with Gasteiger partial charge in [0.25, 0.3) is 0 Å². The predicted molar refractivity (Wildman–Crippen MR) is 86.6 cm³/mol. The molecule has 0 atom stereocenters. The fourth-order valence-electron chi connectivity index (χ4n) is 2.33. The van der Waals surface area contributed by atoms with Gasteiger partial charge in [0.05, 0.1) is 25.5 Å². The van der Waals surface area contributed by atoms with Gasteiger partial charge < -0.3 is 20.1 Å². The molecule has 2 rings (SSSR count). The molecule has 0 aliphatic carbocycles. The number of hydrogen-bond donors (Lipinski definition) is 2. The van der Waals surface area contributed by atoms with Crippen molar-refractivity contribution in [2.75, 3.05) is 51.3 Å². The maximum atomic E-state index is 12.0. The summed E-state index contributed by atoms with van der Waals surface area (Å²) >= 11 is 0. The SMILES string of the molecule is CCOc1cc(C)ccc1NC(=O)NCCN1CCOCC1. The molecule has 0 spiro atoms. The molecule has 1 fully saturated rings. The molecule has 1 heterocycles. The molecule has 0 aromatic heterocycles. The van der Waals surface area contributed by atoms with Crippen LogP contribution in [0.4, 0.5) is 10.5 Å². The first-order valence-corrected chi connectivity index (χ1v) is 7.77. The Balaban J connectivity index is 1.78. The Morgan fingerprint density at radius 2 is 2.14 bits per heavy atom. The highest BCUT2D eigenvalue weighted by Gasteiger charge is 2.11. The predicted octanol–water partition coefficient (Wildman–Crippen LogP) is 1.85. The van der Waals surface area contributed by atoms with Crippen LogP contribution < -0.4 is 15.4 Å². The Hall–Kier alpha value is -1.79. The molecular weight excluding hydrogens is 282 g/mol. The highest BCUT2D eigenvalue weighted by molar-refractivity contribution is 5.90. The normalized spacial score (nSPS) is 15.4. The number of morpholine rings is 1. The van der Waals surface area contributed by atoms with Gasteiger partial charge in [-0.05, 0) is 31.5 Å². The van der Waals surface area contributed by atoms with Crippen LogP contribution in [0.15, 0.2) is 18.2 Å². The van der Waals surface area contributed by atoms with Crippen LogP contribution in [0.25, 0.3) is 0 Å². The van der Waals surface area contributed by atoms with E-state index in [1.807, 2.05) is 32.0 Å². The van der Waals surface area contributed by atoms with E-state index in [-0.39, 0.29) is 6.03 Å². The summed E-state index contributed by atoms with van der Waals surface area (Å²) in [5.41, 5.74) is 1.79. The second-order valence-corrected chi connectivity index (χ2v) is 5.27. The van der Waals surface area contributed by atoms with Crippen molar-refractivity contribution in [3.63, 3.8) is 0 Å². The Labute approximate surface area is 131 Å². The number of amides is 2. The first-order chi connectivity index (χ1) is 10.7. The Morgan fingerprint density at radius 1 is 1.36 bits per heavy atom. The van der Waals surface area contributed by atoms with Crippen LogP contribution in [0.1, 0.15) is 12.5 Å². The number of nitrogens with one attached hydrogen (secondary N) is 2. The molecule has 22 heavy (non-hydrogen) atoms. The van der Waals surface area contributed by atoms with E-state index in [9.17, 15) is 4.79 Å². The monoisotopic (exact) mass is 307 g/mol. The van der Waals surface area contributed by atoms with Crippen LogP contribution in [0, 0.1) is 6.92 Å². The minimum atomic E-state index is -0.210. The van der Waals surface area contributed by atoms with E-state index < -0.39 is 0 Å². The number of rotatable bonds is 6. The van der Waals surface area contributed by atoms with Crippen molar-refractivity contribution in [2.45, 2.75) is 13.8 Å². The molecule has 1 aliphatic heterocycles. The maximum absolute atomic E-state index is 12.0. The van der Waals surface area contributed by atoms with Crippen molar-refractivity contribution in [2.24, 2.45) is 0 Å². The fraction of sp³-hybridized carbons (Fsp3) is 0.562. The van der Waals surface area contributed by atoms with Crippen LogP contribution in [0.5, 0.6) is 5.75 Å².